The molecule has 2 aromatic carbocycles. The Morgan fingerprint density at radius 2 is 1.88 bits per heavy atom. The highest BCUT2D eigenvalue weighted by molar-refractivity contribution is 6.31. The molecule has 0 fully saturated rings. The van der Waals surface area contributed by atoms with E-state index in [2.05, 4.69) is 15.6 Å². The van der Waals surface area contributed by atoms with Crippen molar-refractivity contribution in [3.63, 3.8) is 0 Å². The number of anilines is 2. The summed E-state index contributed by atoms with van der Waals surface area (Å²) in [4.78, 5) is 16.5. The normalized spacial score (nSPS) is 10.4. The molecule has 0 radical (unpaired) electrons. The molecule has 0 aliphatic rings. The summed E-state index contributed by atoms with van der Waals surface area (Å²) in [6, 6.07) is 15.5. The molecule has 26 heavy (non-hydrogen) atoms. The zero-order chi connectivity index (χ0) is 18.5. The second-order valence-corrected chi connectivity index (χ2v) is 6.26. The molecule has 3 aromatic rings. The van der Waals surface area contributed by atoms with Crippen LogP contribution in [0.3, 0.4) is 0 Å². The van der Waals surface area contributed by atoms with Crippen LogP contribution in [0.5, 0.6) is 0 Å². The first-order chi connectivity index (χ1) is 12.5. The number of pyridine rings is 1. The Labute approximate surface area is 156 Å². The Balaban J connectivity index is 1.66. The number of rotatable bonds is 5. The number of aromatic nitrogens is 1. The summed E-state index contributed by atoms with van der Waals surface area (Å²) in [5, 5.41) is 5.90. The molecular formula is C20H17ClFN3O. The lowest BCUT2D eigenvalue weighted by atomic mass is 10.1. The van der Waals surface area contributed by atoms with E-state index in [-0.39, 0.29) is 10.9 Å². The van der Waals surface area contributed by atoms with E-state index in [0.29, 0.717) is 23.6 Å². The van der Waals surface area contributed by atoms with Crippen LogP contribution < -0.4 is 10.6 Å². The van der Waals surface area contributed by atoms with Crippen molar-refractivity contribution in [3.05, 3.63) is 88.3 Å². The number of hydrogen-bond acceptors (Lipinski definition) is 3. The maximum atomic E-state index is 13.2. The minimum Gasteiger partial charge on any atom is -0.348 e. The average Bonchev–Trinajstić information content (AvgIpc) is 2.64. The fraction of sp³-hybridized carbons (Fsp3) is 0.100. The van der Waals surface area contributed by atoms with E-state index in [4.69, 9.17) is 11.6 Å². The van der Waals surface area contributed by atoms with Crippen molar-refractivity contribution >= 4 is 29.0 Å². The van der Waals surface area contributed by atoms with Crippen molar-refractivity contribution in [1.29, 1.82) is 0 Å². The molecule has 0 unspecified atom stereocenters. The van der Waals surface area contributed by atoms with Gasteiger partial charge in [-0.2, -0.15) is 0 Å². The third-order valence-electron chi connectivity index (χ3n) is 3.79. The molecule has 0 saturated carbocycles. The van der Waals surface area contributed by atoms with Gasteiger partial charge in [0.25, 0.3) is 5.91 Å². The highest BCUT2D eigenvalue weighted by Crippen LogP contribution is 2.22. The second-order valence-electron chi connectivity index (χ2n) is 5.85. The summed E-state index contributed by atoms with van der Waals surface area (Å²) in [5.41, 5.74) is 3.26. The number of nitrogens with zero attached hydrogens (tertiary/aromatic N) is 1. The molecule has 1 heterocycles. The lowest BCUT2D eigenvalue weighted by Crippen LogP contribution is -2.22. The van der Waals surface area contributed by atoms with E-state index in [1.165, 1.54) is 23.9 Å². The number of amides is 1. The molecule has 0 aliphatic heterocycles. The van der Waals surface area contributed by atoms with Gasteiger partial charge in [0.05, 0.1) is 5.02 Å². The van der Waals surface area contributed by atoms with Gasteiger partial charge in [-0.3, -0.25) is 4.79 Å². The lowest BCUT2D eigenvalue weighted by Gasteiger charge is -2.09. The second kappa shape index (κ2) is 7.97. The van der Waals surface area contributed by atoms with E-state index in [0.717, 1.165) is 5.56 Å². The highest BCUT2D eigenvalue weighted by Gasteiger charge is 2.08. The van der Waals surface area contributed by atoms with Crippen molar-refractivity contribution in [2.45, 2.75) is 13.5 Å². The molecule has 6 heteroatoms. The quantitative estimate of drug-likeness (QED) is 0.675. The number of benzene rings is 2. The molecule has 132 valence electrons. The summed E-state index contributed by atoms with van der Waals surface area (Å²) in [6.07, 6.45) is 1.54. The van der Waals surface area contributed by atoms with Crippen LogP contribution in [0.25, 0.3) is 0 Å². The first-order valence-electron chi connectivity index (χ1n) is 8.03. The standard InChI is InChI=1S/C20H17ClFN3O/c1-13-2-4-14(5-3-13)12-24-20(26)15-8-9-23-19(10-15)25-16-6-7-18(22)17(21)11-16/h2-11H,12H2,1H3,(H,23,25)(H,24,26). The Bertz CT molecular complexity index is 929. The Hall–Kier alpha value is -2.92. The molecule has 3 rings (SSSR count). The average molecular weight is 370 g/mol. The largest absolute Gasteiger partial charge is 0.348 e. The van der Waals surface area contributed by atoms with Gasteiger partial charge in [0.1, 0.15) is 11.6 Å². The third-order valence-corrected chi connectivity index (χ3v) is 4.08. The molecule has 1 amide bonds. The molecule has 0 bridgehead atoms. The highest BCUT2D eigenvalue weighted by atomic mass is 35.5. The number of hydrogen-bond donors (Lipinski definition) is 2. The van der Waals surface area contributed by atoms with E-state index in [1.54, 1.807) is 18.2 Å². The number of aryl methyl sites for hydroxylation is 1. The van der Waals surface area contributed by atoms with Crippen LogP contribution in [0, 0.1) is 12.7 Å². The van der Waals surface area contributed by atoms with Crippen LogP contribution >= 0.6 is 11.6 Å². The smallest absolute Gasteiger partial charge is 0.251 e. The predicted octanol–water partition coefficient (Wildman–Crippen LogP) is 4.86. The molecule has 0 atom stereocenters. The van der Waals surface area contributed by atoms with Gasteiger partial charge in [0, 0.05) is 24.0 Å². The number of carbonyl (C=O) groups is 1. The monoisotopic (exact) mass is 369 g/mol. The van der Waals surface area contributed by atoms with Gasteiger partial charge in [-0.25, -0.2) is 9.37 Å². The molecule has 0 aliphatic carbocycles. The van der Waals surface area contributed by atoms with Gasteiger partial charge in [0.2, 0.25) is 0 Å². The fourth-order valence-corrected chi connectivity index (χ4v) is 2.53. The summed E-state index contributed by atoms with van der Waals surface area (Å²) >= 11 is 5.77. The maximum Gasteiger partial charge on any atom is 0.251 e. The Morgan fingerprint density at radius 3 is 2.62 bits per heavy atom. The summed E-state index contributed by atoms with van der Waals surface area (Å²) < 4.78 is 13.2. The number of halogens is 2. The van der Waals surface area contributed by atoms with E-state index < -0.39 is 5.82 Å². The first-order valence-corrected chi connectivity index (χ1v) is 8.41. The summed E-state index contributed by atoms with van der Waals surface area (Å²) in [5.74, 6) is -0.224. The van der Waals surface area contributed by atoms with Crippen molar-refractivity contribution in [2.24, 2.45) is 0 Å². The van der Waals surface area contributed by atoms with Crippen molar-refractivity contribution < 1.29 is 9.18 Å². The van der Waals surface area contributed by atoms with Gasteiger partial charge in [-0.1, -0.05) is 41.4 Å². The van der Waals surface area contributed by atoms with Crippen LogP contribution in [0.1, 0.15) is 21.5 Å². The van der Waals surface area contributed by atoms with Gasteiger partial charge >= 0.3 is 0 Å². The SMILES string of the molecule is Cc1ccc(CNC(=O)c2ccnc(Nc3ccc(F)c(Cl)c3)c2)cc1. The summed E-state index contributed by atoms with van der Waals surface area (Å²) in [6.45, 7) is 2.46. The summed E-state index contributed by atoms with van der Waals surface area (Å²) in [7, 11) is 0. The van der Waals surface area contributed by atoms with Crippen LogP contribution in [0.2, 0.25) is 5.02 Å². The van der Waals surface area contributed by atoms with Crippen molar-refractivity contribution in [3.8, 4) is 0 Å². The van der Waals surface area contributed by atoms with Gasteiger partial charge in [0.15, 0.2) is 0 Å². The van der Waals surface area contributed by atoms with Gasteiger partial charge in [-0.15, -0.1) is 0 Å². The van der Waals surface area contributed by atoms with Crippen molar-refractivity contribution in [2.75, 3.05) is 5.32 Å². The molecule has 2 N–H and O–H groups in total. The van der Waals surface area contributed by atoms with Crippen LogP contribution in [0.15, 0.2) is 60.8 Å². The number of carbonyl (C=O) groups excluding carboxylic acids is 1. The lowest BCUT2D eigenvalue weighted by molar-refractivity contribution is 0.0951. The van der Waals surface area contributed by atoms with E-state index >= 15 is 0 Å². The Kier molecular flexibility index (Phi) is 5.49. The minimum absolute atomic E-state index is 0.0157. The molecule has 1 aromatic heterocycles. The van der Waals surface area contributed by atoms with Crippen molar-refractivity contribution in [1.82, 2.24) is 10.3 Å². The first kappa shape index (κ1) is 17.9. The Morgan fingerprint density at radius 1 is 1.12 bits per heavy atom. The molecule has 0 saturated heterocycles. The minimum atomic E-state index is -0.491. The number of nitrogens with one attached hydrogen (secondary N) is 2. The van der Waals surface area contributed by atoms with Gasteiger partial charge in [-0.05, 0) is 42.8 Å². The third kappa shape index (κ3) is 4.58. The van der Waals surface area contributed by atoms with Gasteiger partial charge < -0.3 is 10.6 Å². The fourth-order valence-electron chi connectivity index (χ4n) is 2.35. The van der Waals surface area contributed by atoms with Crippen LogP contribution in [-0.2, 0) is 6.54 Å². The maximum absolute atomic E-state index is 13.2. The van der Waals surface area contributed by atoms with Crippen LogP contribution in [-0.4, -0.2) is 10.9 Å². The molecule has 4 nitrogen and oxygen atoms in total. The molecular weight excluding hydrogens is 353 g/mol. The zero-order valence-corrected chi connectivity index (χ0v) is 14.8. The van der Waals surface area contributed by atoms with Crippen LogP contribution in [0.4, 0.5) is 15.9 Å². The molecule has 0 spiro atoms. The predicted molar refractivity (Wildman–Crippen MR) is 101 cm³/mol. The zero-order valence-electron chi connectivity index (χ0n) is 14.1. The topological polar surface area (TPSA) is 54.0 Å². The van der Waals surface area contributed by atoms with E-state index in [1.807, 2.05) is 31.2 Å². The van der Waals surface area contributed by atoms with E-state index in [9.17, 15) is 9.18 Å².